The Morgan fingerprint density at radius 3 is 2.91 bits per heavy atom. The van der Waals surface area contributed by atoms with Crippen LogP contribution in [0.1, 0.15) is 13.8 Å². The van der Waals surface area contributed by atoms with Crippen LogP contribution in [-0.2, 0) is 0 Å². The van der Waals surface area contributed by atoms with Crippen LogP contribution in [0, 0.1) is 0 Å². The fourth-order valence-corrected chi connectivity index (χ4v) is 5.83. The van der Waals surface area contributed by atoms with Crippen molar-refractivity contribution in [3.05, 3.63) is 0 Å². The van der Waals surface area contributed by atoms with E-state index in [1.807, 2.05) is 0 Å². The van der Waals surface area contributed by atoms with Crippen molar-refractivity contribution >= 4 is 47.9 Å². The Labute approximate surface area is 87.4 Å². The van der Waals surface area contributed by atoms with Gasteiger partial charge >= 0.3 is 0 Å². The average Bonchev–Trinajstić information content (AvgIpc) is 2.31. The van der Waals surface area contributed by atoms with Crippen molar-refractivity contribution < 1.29 is 0 Å². The van der Waals surface area contributed by atoms with Gasteiger partial charge in [0.2, 0.25) is 0 Å². The number of hydrogen-bond donors (Lipinski definition) is 1. The molecule has 1 aliphatic heterocycles. The first-order chi connectivity index (χ1) is 5.18. The molecule has 1 aliphatic rings. The van der Waals surface area contributed by atoms with Crippen LogP contribution >= 0.6 is 47.9 Å². The summed E-state index contributed by atoms with van der Waals surface area (Å²) in [4.78, 5) is 0. The van der Waals surface area contributed by atoms with E-state index >= 15 is 0 Å². The molecule has 3 unspecified atom stereocenters. The lowest BCUT2D eigenvalue weighted by Gasteiger charge is -2.08. The summed E-state index contributed by atoms with van der Waals surface area (Å²) >= 11 is 10.6. The van der Waals surface area contributed by atoms with Gasteiger partial charge in [-0.05, 0) is 6.92 Å². The predicted molar refractivity (Wildman–Crippen MR) is 64.2 cm³/mol. The molecule has 0 aliphatic carbocycles. The zero-order valence-corrected chi connectivity index (χ0v) is 10.2. The lowest BCUT2D eigenvalue weighted by Crippen LogP contribution is -2.02. The molecule has 1 saturated heterocycles. The average molecular weight is 226 g/mol. The lowest BCUT2D eigenvalue weighted by atomic mass is 10.6. The molecule has 3 atom stereocenters. The highest BCUT2D eigenvalue weighted by Gasteiger charge is 2.22. The van der Waals surface area contributed by atoms with E-state index in [2.05, 4.69) is 61.8 Å². The smallest absolute Gasteiger partial charge is 0.0604 e. The lowest BCUT2D eigenvalue weighted by molar-refractivity contribution is 1.14. The van der Waals surface area contributed by atoms with Gasteiger partial charge in [-0.1, -0.05) is 6.92 Å². The van der Waals surface area contributed by atoms with Crippen molar-refractivity contribution in [2.75, 3.05) is 11.5 Å². The monoisotopic (exact) mass is 226 g/mol. The summed E-state index contributed by atoms with van der Waals surface area (Å²) in [6.45, 7) is 4.45. The molecule has 0 bridgehead atoms. The first-order valence-electron chi connectivity index (χ1n) is 3.75. The zero-order valence-electron chi connectivity index (χ0n) is 6.82. The third-order valence-corrected chi connectivity index (χ3v) is 6.75. The summed E-state index contributed by atoms with van der Waals surface area (Å²) in [7, 11) is 0. The van der Waals surface area contributed by atoms with Gasteiger partial charge in [0.25, 0.3) is 0 Å². The molecule has 0 saturated carbocycles. The summed E-state index contributed by atoms with van der Waals surface area (Å²) in [5.41, 5.74) is 0. The van der Waals surface area contributed by atoms with Gasteiger partial charge < -0.3 is 0 Å². The van der Waals surface area contributed by atoms with Crippen LogP contribution in [-0.4, -0.2) is 25.9 Å². The van der Waals surface area contributed by atoms with Crippen LogP contribution in [0.4, 0.5) is 0 Å². The van der Waals surface area contributed by atoms with Gasteiger partial charge in [-0.2, -0.15) is 12.6 Å². The van der Waals surface area contributed by atoms with Crippen LogP contribution in [0.25, 0.3) is 0 Å². The van der Waals surface area contributed by atoms with Gasteiger partial charge in [0.05, 0.1) is 4.58 Å². The Morgan fingerprint density at radius 1 is 1.73 bits per heavy atom. The molecule has 0 amide bonds. The summed E-state index contributed by atoms with van der Waals surface area (Å²) in [6, 6.07) is 0. The first kappa shape index (κ1) is 10.5. The third kappa shape index (κ3) is 4.25. The van der Waals surface area contributed by atoms with Crippen LogP contribution in [0.3, 0.4) is 0 Å². The fraction of sp³-hybridized carbons (Fsp3) is 1.00. The van der Waals surface area contributed by atoms with E-state index in [9.17, 15) is 0 Å². The van der Waals surface area contributed by atoms with Crippen molar-refractivity contribution in [2.45, 2.75) is 28.3 Å². The third-order valence-electron chi connectivity index (χ3n) is 1.33. The molecule has 0 N–H and O–H groups in total. The van der Waals surface area contributed by atoms with Crippen molar-refractivity contribution in [1.29, 1.82) is 0 Å². The maximum atomic E-state index is 4.36. The summed E-state index contributed by atoms with van der Waals surface area (Å²) in [6.07, 6.45) is 0. The van der Waals surface area contributed by atoms with E-state index in [4.69, 9.17) is 0 Å². The van der Waals surface area contributed by atoms with Crippen LogP contribution in [0.15, 0.2) is 0 Å². The van der Waals surface area contributed by atoms with E-state index in [1.165, 1.54) is 11.5 Å². The normalized spacial score (nSPS) is 34.1. The Morgan fingerprint density at radius 2 is 2.45 bits per heavy atom. The molecular weight excluding hydrogens is 212 g/mol. The first-order valence-corrected chi connectivity index (χ1v) is 7.31. The molecule has 0 aromatic rings. The Hall–Kier alpha value is 1.40. The maximum Gasteiger partial charge on any atom is 0.0604 e. The quantitative estimate of drug-likeness (QED) is 0.735. The molecular formula is C7H14S4. The zero-order chi connectivity index (χ0) is 8.27. The number of rotatable bonds is 3. The van der Waals surface area contributed by atoms with E-state index in [1.54, 1.807) is 0 Å². The van der Waals surface area contributed by atoms with Gasteiger partial charge in [-0.15, -0.1) is 35.3 Å². The minimum absolute atomic E-state index is 0.543. The van der Waals surface area contributed by atoms with Gasteiger partial charge in [-0.25, -0.2) is 0 Å². The molecule has 11 heavy (non-hydrogen) atoms. The van der Waals surface area contributed by atoms with Crippen molar-refractivity contribution in [3.8, 4) is 0 Å². The van der Waals surface area contributed by atoms with E-state index < -0.39 is 0 Å². The highest BCUT2D eigenvalue weighted by Crippen LogP contribution is 2.42. The second-order valence-corrected chi connectivity index (χ2v) is 8.29. The number of thiol groups is 1. The summed E-state index contributed by atoms with van der Waals surface area (Å²) in [5.74, 6) is 2.51. The molecule has 4 heteroatoms. The summed E-state index contributed by atoms with van der Waals surface area (Å²) in [5, 5.41) is 0.543. The second kappa shape index (κ2) is 5.20. The van der Waals surface area contributed by atoms with Crippen molar-refractivity contribution in [2.24, 2.45) is 0 Å². The largest absolute Gasteiger partial charge is 0.175 e. The summed E-state index contributed by atoms with van der Waals surface area (Å²) < 4.78 is 1.63. The number of thioether (sulfide) groups is 3. The Bertz CT molecular complexity index is 115. The molecule has 0 aromatic carbocycles. The van der Waals surface area contributed by atoms with Crippen LogP contribution < -0.4 is 0 Å². The number of hydrogen-bond acceptors (Lipinski definition) is 4. The second-order valence-electron chi connectivity index (χ2n) is 2.65. The Kier molecular flexibility index (Phi) is 4.95. The van der Waals surface area contributed by atoms with E-state index in [0.717, 1.165) is 9.16 Å². The highest BCUT2D eigenvalue weighted by molar-refractivity contribution is 8.27. The van der Waals surface area contributed by atoms with Crippen LogP contribution in [0.2, 0.25) is 0 Å². The van der Waals surface area contributed by atoms with Crippen molar-refractivity contribution in [1.82, 2.24) is 0 Å². The molecule has 0 spiro atoms. The highest BCUT2D eigenvalue weighted by atomic mass is 32.2. The minimum Gasteiger partial charge on any atom is -0.175 e. The molecule has 1 fully saturated rings. The van der Waals surface area contributed by atoms with Gasteiger partial charge in [-0.3, -0.25) is 0 Å². The molecule has 1 heterocycles. The molecule has 0 nitrogen and oxygen atoms in total. The van der Waals surface area contributed by atoms with Gasteiger partial charge in [0.1, 0.15) is 0 Å². The Balaban J connectivity index is 2.08. The SMILES string of the molecule is CC(S)CSC1CSC(C)S1. The molecule has 0 aromatic heterocycles. The van der Waals surface area contributed by atoms with E-state index in [-0.39, 0.29) is 0 Å². The van der Waals surface area contributed by atoms with Crippen LogP contribution in [0.5, 0.6) is 0 Å². The van der Waals surface area contributed by atoms with E-state index in [0.29, 0.717) is 5.25 Å². The molecule has 0 radical (unpaired) electrons. The van der Waals surface area contributed by atoms with Gasteiger partial charge in [0.15, 0.2) is 0 Å². The fourth-order valence-electron chi connectivity index (χ4n) is 0.840. The standard InChI is InChI=1S/C7H14S4/c1-5(8)3-10-7-4-9-6(2)11-7/h5-8H,3-4H2,1-2H3. The predicted octanol–water partition coefficient (Wildman–Crippen LogP) is 3.19. The molecule has 66 valence electrons. The molecule has 1 rings (SSSR count). The topological polar surface area (TPSA) is 0 Å². The maximum absolute atomic E-state index is 4.36. The van der Waals surface area contributed by atoms with Gasteiger partial charge in [0, 0.05) is 21.3 Å². The minimum atomic E-state index is 0.543. The van der Waals surface area contributed by atoms with Crippen molar-refractivity contribution in [3.63, 3.8) is 0 Å².